The second-order valence-electron chi connectivity index (χ2n) is 8.63. The average molecular weight is 573 g/mol. The molecule has 0 radical (unpaired) electrons. The summed E-state index contributed by atoms with van der Waals surface area (Å²) in [5.74, 6) is -11.4. The fraction of sp³-hybridized carbons (Fsp3) is 0.231. The quantitative estimate of drug-likeness (QED) is 0.228. The van der Waals surface area contributed by atoms with Crippen LogP contribution in [0.3, 0.4) is 0 Å². The van der Waals surface area contributed by atoms with E-state index in [0.29, 0.717) is 11.1 Å². The molecule has 0 N–H and O–H groups in total. The third kappa shape index (κ3) is 3.64. The molecule has 2 aromatic carbocycles. The van der Waals surface area contributed by atoms with Crippen molar-refractivity contribution in [3.63, 3.8) is 0 Å². The van der Waals surface area contributed by atoms with E-state index >= 15 is 22.0 Å². The standard InChI is InChI=1S/C26H16F8N2S2/c1-13-19(35-21(37-13)15-9-5-3-6-10-15)17-18(24(29,30)25(31,23(17,27)28)26(32,33)34)20-14(2)38-22(36-20)16-11-7-4-8-12-16/h3-12H,1-2H3. The zero-order valence-electron chi connectivity index (χ0n) is 19.5. The Hall–Kier alpha value is -3.12. The van der Waals surface area contributed by atoms with Gasteiger partial charge >= 0.3 is 23.7 Å². The minimum atomic E-state index is -6.62. The summed E-state index contributed by atoms with van der Waals surface area (Å²) in [5.41, 5.74) is -10.6. The van der Waals surface area contributed by atoms with Gasteiger partial charge in [-0.1, -0.05) is 60.7 Å². The van der Waals surface area contributed by atoms with Crippen LogP contribution in [0.4, 0.5) is 35.1 Å². The fourth-order valence-corrected chi connectivity index (χ4v) is 6.26. The van der Waals surface area contributed by atoms with Crippen molar-refractivity contribution in [1.29, 1.82) is 0 Å². The Morgan fingerprint density at radius 2 is 0.947 bits per heavy atom. The smallest absolute Gasteiger partial charge is 0.236 e. The lowest BCUT2D eigenvalue weighted by Crippen LogP contribution is -2.62. The van der Waals surface area contributed by atoms with Gasteiger partial charge in [0.15, 0.2) is 0 Å². The maximum Gasteiger partial charge on any atom is 0.435 e. The summed E-state index contributed by atoms with van der Waals surface area (Å²) in [6, 6.07) is 16.1. The van der Waals surface area contributed by atoms with Crippen molar-refractivity contribution in [2.75, 3.05) is 0 Å². The van der Waals surface area contributed by atoms with Gasteiger partial charge in [-0.15, -0.1) is 22.7 Å². The molecule has 5 rings (SSSR count). The number of allylic oxidation sites excluding steroid dienone is 2. The minimum absolute atomic E-state index is 0.0746. The van der Waals surface area contributed by atoms with E-state index in [1.165, 1.54) is 13.8 Å². The van der Waals surface area contributed by atoms with Crippen LogP contribution in [0.2, 0.25) is 0 Å². The molecule has 2 nitrogen and oxygen atoms in total. The lowest BCUT2D eigenvalue weighted by Gasteiger charge is -2.34. The summed E-state index contributed by atoms with van der Waals surface area (Å²) in [5, 5.41) is 0.208. The molecule has 198 valence electrons. The van der Waals surface area contributed by atoms with Gasteiger partial charge in [0.2, 0.25) is 0 Å². The molecule has 38 heavy (non-hydrogen) atoms. The molecule has 0 bridgehead atoms. The molecule has 1 aliphatic carbocycles. The zero-order valence-corrected chi connectivity index (χ0v) is 21.1. The van der Waals surface area contributed by atoms with E-state index in [1.807, 2.05) is 0 Å². The summed E-state index contributed by atoms with van der Waals surface area (Å²) >= 11 is 1.64. The maximum atomic E-state index is 15.6. The van der Waals surface area contributed by atoms with Crippen molar-refractivity contribution in [2.24, 2.45) is 0 Å². The minimum Gasteiger partial charge on any atom is -0.236 e. The Morgan fingerprint density at radius 3 is 1.26 bits per heavy atom. The number of rotatable bonds is 4. The van der Waals surface area contributed by atoms with Crippen molar-refractivity contribution in [3.05, 3.63) is 81.8 Å². The molecule has 0 aliphatic heterocycles. The molecule has 0 atom stereocenters. The molecule has 0 fully saturated rings. The van der Waals surface area contributed by atoms with Crippen molar-refractivity contribution in [2.45, 2.75) is 37.5 Å². The van der Waals surface area contributed by atoms with Crippen molar-refractivity contribution >= 4 is 33.8 Å². The number of aryl methyl sites for hydroxylation is 2. The van der Waals surface area contributed by atoms with Crippen LogP contribution in [-0.2, 0) is 0 Å². The number of hydrogen-bond donors (Lipinski definition) is 0. The first-order valence-electron chi connectivity index (χ1n) is 11.0. The van der Waals surface area contributed by atoms with E-state index in [0.717, 1.165) is 22.7 Å². The number of thiazole rings is 2. The van der Waals surface area contributed by atoms with Crippen LogP contribution < -0.4 is 0 Å². The number of hydrogen-bond acceptors (Lipinski definition) is 4. The SMILES string of the molecule is Cc1sc(-c2ccccc2)nc1C1=C(c2nc(-c3ccccc3)sc2C)C(F)(F)C(F)(C(F)(F)F)C1(F)F. The summed E-state index contributed by atoms with van der Waals surface area (Å²) in [6.07, 6.45) is -6.62. The van der Waals surface area contributed by atoms with Gasteiger partial charge in [0, 0.05) is 20.9 Å². The predicted molar refractivity (Wildman–Crippen MR) is 131 cm³/mol. The Labute approximate surface area is 219 Å². The Balaban J connectivity index is 1.83. The number of aromatic nitrogens is 2. The van der Waals surface area contributed by atoms with Crippen LogP contribution in [0.15, 0.2) is 60.7 Å². The molecule has 0 saturated heterocycles. The van der Waals surface area contributed by atoms with Crippen LogP contribution in [0.5, 0.6) is 0 Å². The summed E-state index contributed by atoms with van der Waals surface area (Å²) in [6.45, 7) is 2.51. The molecule has 0 amide bonds. The number of alkyl halides is 8. The van der Waals surface area contributed by atoms with Gasteiger partial charge in [-0.3, -0.25) is 0 Å². The van der Waals surface area contributed by atoms with Gasteiger partial charge < -0.3 is 0 Å². The van der Waals surface area contributed by atoms with Crippen molar-refractivity contribution in [3.8, 4) is 21.1 Å². The van der Waals surface area contributed by atoms with E-state index in [1.54, 1.807) is 60.7 Å². The van der Waals surface area contributed by atoms with Gasteiger partial charge in [0.1, 0.15) is 10.0 Å². The Morgan fingerprint density at radius 1 is 0.605 bits per heavy atom. The van der Waals surface area contributed by atoms with Crippen LogP contribution in [0.25, 0.3) is 32.3 Å². The van der Waals surface area contributed by atoms with E-state index in [4.69, 9.17) is 0 Å². The van der Waals surface area contributed by atoms with Crippen molar-refractivity contribution in [1.82, 2.24) is 9.97 Å². The molecule has 1 aliphatic rings. The summed E-state index contributed by atoms with van der Waals surface area (Å²) in [7, 11) is 0. The van der Waals surface area contributed by atoms with Crippen LogP contribution in [0, 0.1) is 13.8 Å². The topological polar surface area (TPSA) is 25.8 Å². The number of halogens is 8. The normalized spacial score (nSPS) is 18.3. The zero-order chi connectivity index (χ0) is 27.7. The van der Waals surface area contributed by atoms with Gasteiger partial charge in [0.05, 0.1) is 22.5 Å². The van der Waals surface area contributed by atoms with Crippen LogP contribution in [0.1, 0.15) is 21.1 Å². The fourth-order valence-electron chi connectivity index (χ4n) is 4.41. The molecule has 2 heterocycles. The highest BCUT2D eigenvalue weighted by atomic mass is 32.1. The third-order valence-corrected chi connectivity index (χ3v) is 8.28. The molecule has 2 aromatic heterocycles. The molecule has 0 spiro atoms. The Kier molecular flexibility index (Phi) is 6.06. The lowest BCUT2D eigenvalue weighted by molar-refractivity contribution is -0.331. The second kappa shape index (κ2) is 8.70. The second-order valence-corrected chi connectivity index (χ2v) is 11.0. The van der Waals surface area contributed by atoms with E-state index in [-0.39, 0.29) is 19.8 Å². The average Bonchev–Trinajstić information content (AvgIpc) is 3.47. The molecule has 0 unspecified atom stereocenters. The highest BCUT2D eigenvalue weighted by Crippen LogP contribution is 2.69. The lowest BCUT2D eigenvalue weighted by atomic mass is 9.92. The first kappa shape index (κ1) is 26.5. The Bertz CT molecular complexity index is 1430. The van der Waals surface area contributed by atoms with E-state index < -0.39 is 46.2 Å². The van der Waals surface area contributed by atoms with Crippen LogP contribution in [-0.4, -0.2) is 33.7 Å². The molecule has 4 aromatic rings. The van der Waals surface area contributed by atoms with E-state index in [2.05, 4.69) is 9.97 Å². The predicted octanol–water partition coefficient (Wildman–Crippen LogP) is 9.02. The molecular formula is C26H16F8N2S2. The van der Waals surface area contributed by atoms with Gasteiger partial charge in [-0.2, -0.15) is 30.7 Å². The highest BCUT2D eigenvalue weighted by Gasteiger charge is 2.89. The first-order valence-corrected chi connectivity index (χ1v) is 12.7. The van der Waals surface area contributed by atoms with Crippen molar-refractivity contribution < 1.29 is 35.1 Å². The number of nitrogens with zero attached hydrogens (tertiary/aromatic N) is 2. The van der Waals surface area contributed by atoms with E-state index in [9.17, 15) is 13.2 Å². The first-order chi connectivity index (χ1) is 17.7. The van der Waals surface area contributed by atoms with Gasteiger partial charge in [0.25, 0.3) is 0 Å². The largest absolute Gasteiger partial charge is 0.435 e. The molecular weight excluding hydrogens is 556 g/mol. The third-order valence-electron chi connectivity index (χ3n) is 6.24. The summed E-state index contributed by atoms with van der Waals surface area (Å²) in [4.78, 5) is 7.91. The summed E-state index contributed by atoms with van der Waals surface area (Å²) < 4.78 is 120. The van der Waals surface area contributed by atoms with Gasteiger partial charge in [-0.05, 0) is 13.8 Å². The monoisotopic (exact) mass is 572 g/mol. The van der Waals surface area contributed by atoms with Crippen LogP contribution >= 0.6 is 22.7 Å². The highest BCUT2D eigenvalue weighted by molar-refractivity contribution is 7.15. The van der Waals surface area contributed by atoms with Gasteiger partial charge in [-0.25, -0.2) is 14.4 Å². The molecule has 12 heteroatoms. The number of benzene rings is 2. The molecule has 0 saturated carbocycles. The maximum absolute atomic E-state index is 15.6.